The first-order valence-corrected chi connectivity index (χ1v) is 8.88. The molecule has 1 aromatic heterocycles. The molecule has 0 aliphatic rings. The predicted octanol–water partition coefficient (Wildman–Crippen LogP) is 1.78. The summed E-state index contributed by atoms with van der Waals surface area (Å²) in [6.45, 7) is -0.185. The topological polar surface area (TPSA) is 136 Å². The van der Waals surface area contributed by atoms with E-state index in [4.69, 9.17) is 5.11 Å². The molecule has 0 atom stereocenters. The number of rotatable bonds is 7. The lowest BCUT2D eigenvalue weighted by molar-refractivity contribution is 0.0927. The van der Waals surface area contributed by atoms with Gasteiger partial charge in [0.15, 0.2) is 5.69 Å². The number of aliphatic hydroxyl groups excluding tert-OH is 1. The van der Waals surface area contributed by atoms with Gasteiger partial charge in [-0.1, -0.05) is 0 Å². The van der Waals surface area contributed by atoms with Crippen LogP contribution in [-0.4, -0.2) is 45.9 Å². The number of anilines is 2. The molecule has 3 rings (SSSR count). The standard InChI is InChI=1S/C20H18FN5O4/c21-13-3-1-12(2-4-13)18(28)25-14-5-7-15(8-6-14)26-20(30)17-16(23-11-24-17)19(29)22-9-10-27/h1-8,11,27H,9-10H2,(H,22,29)(H,23,24)(H,25,28)(H,26,30). The van der Waals surface area contributed by atoms with Crippen molar-refractivity contribution in [3.05, 3.63) is 77.6 Å². The monoisotopic (exact) mass is 411 g/mol. The zero-order chi connectivity index (χ0) is 21.5. The Labute approximate surface area is 170 Å². The molecule has 5 N–H and O–H groups in total. The SMILES string of the molecule is O=C(Nc1ccc(NC(=O)c2nc[nH]c2C(=O)NCCO)cc1)c1ccc(F)cc1. The number of imidazole rings is 1. The van der Waals surface area contributed by atoms with Crippen LogP contribution < -0.4 is 16.0 Å². The molecule has 0 aliphatic heterocycles. The quantitative estimate of drug-likeness (QED) is 0.404. The van der Waals surface area contributed by atoms with Crippen LogP contribution in [0.25, 0.3) is 0 Å². The number of nitrogens with one attached hydrogen (secondary N) is 4. The number of aromatic amines is 1. The zero-order valence-electron chi connectivity index (χ0n) is 15.6. The third kappa shape index (κ3) is 5.06. The number of H-pyrrole nitrogens is 1. The van der Waals surface area contributed by atoms with Gasteiger partial charge in [-0.15, -0.1) is 0 Å². The van der Waals surface area contributed by atoms with Crippen molar-refractivity contribution in [2.24, 2.45) is 0 Å². The Bertz CT molecular complexity index is 1050. The van der Waals surface area contributed by atoms with E-state index in [0.717, 1.165) is 0 Å². The lowest BCUT2D eigenvalue weighted by Crippen LogP contribution is -2.29. The molecule has 10 heteroatoms. The number of carbonyl (C=O) groups excluding carboxylic acids is 3. The van der Waals surface area contributed by atoms with Crippen LogP contribution in [0.5, 0.6) is 0 Å². The highest BCUT2D eigenvalue weighted by atomic mass is 19.1. The number of benzene rings is 2. The minimum Gasteiger partial charge on any atom is -0.395 e. The first kappa shape index (κ1) is 20.7. The van der Waals surface area contributed by atoms with Gasteiger partial charge >= 0.3 is 0 Å². The maximum atomic E-state index is 12.9. The molecule has 2 aromatic carbocycles. The molecule has 0 saturated heterocycles. The summed E-state index contributed by atoms with van der Waals surface area (Å²) in [5.41, 5.74) is 1.08. The Morgan fingerprint density at radius 2 is 1.50 bits per heavy atom. The molecule has 0 radical (unpaired) electrons. The predicted molar refractivity (Wildman–Crippen MR) is 107 cm³/mol. The van der Waals surface area contributed by atoms with E-state index < -0.39 is 23.5 Å². The summed E-state index contributed by atoms with van der Waals surface area (Å²) in [7, 11) is 0. The summed E-state index contributed by atoms with van der Waals surface area (Å²) in [5.74, 6) is -2.00. The zero-order valence-corrected chi connectivity index (χ0v) is 15.6. The van der Waals surface area contributed by atoms with Gasteiger partial charge in [-0.2, -0.15) is 0 Å². The fourth-order valence-electron chi connectivity index (χ4n) is 2.53. The molecule has 0 bridgehead atoms. The van der Waals surface area contributed by atoms with Crippen molar-refractivity contribution in [1.82, 2.24) is 15.3 Å². The van der Waals surface area contributed by atoms with Crippen molar-refractivity contribution in [1.29, 1.82) is 0 Å². The lowest BCUT2D eigenvalue weighted by atomic mass is 10.2. The van der Waals surface area contributed by atoms with E-state index in [0.29, 0.717) is 16.9 Å². The number of amides is 3. The summed E-state index contributed by atoms with van der Waals surface area (Å²) in [5, 5.41) is 16.5. The van der Waals surface area contributed by atoms with E-state index >= 15 is 0 Å². The van der Waals surface area contributed by atoms with Gasteiger partial charge in [-0.3, -0.25) is 14.4 Å². The van der Waals surface area contributed by atoms with E-state index in [-0.39, 0.29) is 24.5 Å². The summed E-state index contributed by atoms with van der Waals surface area (Å²) in [6, 6.07) is 11.4. The molecule has 0 aliphatic carbocycles. The molecule has 9 nitrogen and oxygen atoms in total. The molecule has 3 aromatic rings. The average molecular weight is 411 g/mol. The minimum absolute atomic E-state index is 0.0240. The molecule has 30 heavy (non-hydrogen) atoms. The van der Waals surface area contributed by atoms with Crippen molar-refractivity contribution < 1.29 is 23.9 Å². The molecule has 0 saturated carbocycles. The van der Waals surface area contributed by atoms with Crippen LogP contribution in [0.2, 0.25) is 0 Å². The Hall–Kier alpha value is -4.05. The summed E-state index contributed by atoms with van der Waals surface area (Å²) in [4.78, 5) is 43.0. The average Bonchev–Trinajstić information content (AvgIpc) is 3.24. The molecule has 0 fully saturated rings. The number of hydrogen-bond donors (Lipinski definition) is 5. The van der Waals surface area contributed by atoms with Gasteiger partial charge in [-0.25, -0.2) is 9.37 Å². The number of halogens is 1. The molecular weight excluding hydrogens is 393 g/mol. The first-order valence-electron chi connectivity index (χ1n) is 8.88. The number of hydrogen-bond acceptors (Lipinski definition) is 5. The lowest BCUT2D eigenvalue weighted by Gasteiger charge is -2.08. The maximum absolute atomic E-state index is 12.9. The number of aromatic nitrogens is 2. The second kappa shape index (κ2) is 9.43. The van der Waals surface area contributed by atoms with Gasteiger partial charge in [-0.05, 0) is 48.5 Å². The van der Waals surface area contributed by atoms with Gasteiger partial charge in [0.2, 0.25) is 0 Å². The first-order chi connectivity index (χ1) is 14.5. The Morgan fingerprint density at radius 3 is 2.10 bits per heavy atom. The van der Waals surface area contributed by atoms with E-state index in [1.165, 1.54) is 30.6 Å². The maximum Gasteiger partial charge on any atom is 0.276 e. The van der Waals surface area contributed by atoms with Crippen LogP contribution in [0.3, 0.4) is 0 Å². The van der Waals surface area contributed by atoms with E-state index in [2.05, 4.69) is 25.9 Å². The molecule has 3 amide bonds. The van der Waals surface area contributed by atoms with Gasteiger partial charge < -0.3 is 26.0 Å². The van der Waals surface area contributed by atoms with Gasteiger partial charge in [0, 0.05) is 23.5 Å². The third-order valence-corrected chi connectivity index (χ3v) is 3.99. The Balaban J connectivity index is 1.63. The van der Waals surface area contributed by atoms with E-state index in [1.54, 1.807) is 24.3 Å². The molecule has 0 unspecified atom stereocenters. The second-order valence-corrected chi connectivity index (χ2v) is 6.10. The molecule has 154 valence electrons. The van der Waals surface area contributed by atoms with Crippen LogP contribution in [0, 0.1) is 5.82 Å². The van der Waals surface area contributed by atoms with E-state index in [9.17, 15) is 18.8 Å². The van der Waals surface area contributed by atoms with Gasteiger partial charge in [0.1, 0.15) is 11.5 Å². The van der Waals surface area contributed by atoms with Crippen LogP contribution in [-0.2, 0) is 0 Å². The normalized spacial score (nSPS) is 10.3. The number of aliphatic hydroxyl groups is 1. The fraction of sp³-hybridized carbons (Fsp3) is 0.100. The Kier molecular flexibility index (Phi) is 6.50. The van der Waals surface area contributed by atoms with Crippen molar-refractivity contribution in [2.45, 2.75) is 0 Å². The van der Waals surface area contributed by atoms with Gasteiger partial charge in [0.25, 0.3) is 17.7 Å². The van der Waals surface area contributed by atoms with Gasteiger partial charge in [0.05, 0.1) is 12.9 Å². The van der Waals surface area contributed by atoms with Crippen LogP contribution >= 0.6 is 0 Å². The highest BCUT2D eigenvalue weighted by molar-refractivity contribution is 6.10. The van der Waals surface area contributed by atoms with Crippen LogP contribution in [0.15, 0.2) is 54.9 Å². The molecule has 0 spiro atoms. The third-order valence-electron chi connectivity index (χ3n) is 3.99. The van der Waals surface area contributed by atoms with E-state index in [1.807, 2.05) is 0 Å². The fourth-order valence-corrected chi connectivity index (χ4v) is 2.53. The molecule has 1 heterocycles. The van der Waals surface area contributed by atoms with Crippen molar-refractivity contribution >= 4 is 29.1 Å². The highest BCUT2D eigenvalue weighted by Crippen LogP contribution is 2.16. The van der Waals surface area contributed by atoms with Crippen molar-refractivity contribution in [3.63, 3.8) is 0 Å². The largest absolute Gasteiger partial charge is 0.395 e. The number of nitrogens with zero attached hydrogens (tertiary/aromatic N) is 1. The smallest absolute Gasteiger partial charge is 0.276 e. The molecular formula is C20H18FN5O4. The second-order valence-electron chi connectivity index (χ2n) is 6.10. The highest BCUT2D eigenvalue weighted by Gasteiger charge is 2.20. The summed E-state index contributed by atoms with van der Waals surface area (Å²) < 4.78 is 12.9. The van der Waals surface area contributed by atoms with Crippen LogP contribution in [0.1, 0.15) is 31.3 Å². The van der Waals surface area contributed by atoms with Crippen LogP contribution in [0.4, 0.5) is 15.8 Å². The summed E-state index contributed by atoms with van der Waals surface area (Å²) >= 11 is 0. The minimum atomic E-state index is -0.603. The summed E-state index contributed by atoms with van der Waals surface area (Å²) in [6.07, 6.45) is 1.22. The van der Waals surface area contributed by atoms with Crippen molar-refractivity contribution in [2.75, 3.05) is 23.8 Å². The van der Waals surface area contributed by atoms with Crippen molar-refractivity contribution in [3.8, 4) is 0 Å². The Morgan fingerprint density at radius 1 is 0.900 bits per heavy atom. The number of carbonyl (C=O) groups is 3.